The van der Waals surface area contributed by atoms with Crippen molar-refractivity contribution in [2.24, 2.45) is 0 Å². The molecule has 0 unspecified atom stereocenters. The number of aryl methyl sites for hydroxylation is 2. The van der Waals surface area contributed by atoms with Gasteiger partial charge in [-0.25, -0.2) is 9.97 Å². The molecule has 0 amide bonds. The van der Waals surface area contributed by atoms with Crippen molar-refractivity contribution in [3.8, 4) is 10.6 Å². The Hall–Kier alpha value is -1.49. The lowest BCUT2D eigenvalue weighted by Crippen LogP contribution is -2.04. The molecule has 0 radical (unpaired) electrons. The molecule has 2 aromatic rings. The van der Waals surface area contributed by atoms with Crippen LogP contribution in [0.1, 0.15) is 10.7 Å². The zero-order chi connectivity index (χ0) is 10.1. The highest BCUT2D eigenvalue weighted by molar-refractivity contribution is 7.15. The second-order valence-electron chi connectivity index (χ2n) is 2.94. The molecular weight excluding hydrogens is 198 g/mol. The molecular formula is C9H9N3OS. The zero-order valence-electron chi connectivity index (χ0n) is 7.87. The molecule has 2 aromatic heterocycles. The molecule has 1 N–H and O–H groups in total. The van der Waals surface area contributed by atoms with Crippen LogP contribution >= 0.6 is 11.3 Å². The Morgan fingerprint density at radius 1 is 1.43 bits per heavy atom. The third-order valence-corrected chi connectivity index (χ3v) is 2.91. The van der Waals surface area contributed by atoms with Crippen LogP contribution in [0.2, 0.25) is 0 Å². The summed E-state index contributed by atoms with van der Waals surface area (Å²) < 4.78 is 0. The van der Waals surface area contributed by atoms with Gasteiger partial charge < -0.3 is 4.98 Å². The molecule has 0 aromatic carbocycles. The number of hydrogen-bond donors (Lipinski definition) is 1. The molecule has 4 nitrogen and oxygen atoms in total. The third kappa shape index (κ3) is 1.58. The van der Waals surface area contributed by atoms with Gasteiger partial charge in [0.05, 0.1) is 27.6 Å². The predicted molar refractivity (Wildman–Crippen MR) is 55.4 cm³/mol. The Morgan fingerprint density at radius 2 is 2.21 bits per heavy atom. The number of hydrogen-bond acceptors (Lipinski definition) is 4. The van der Waals surface area contributed by atoms with Crippen LogP contribution in [-0.2, 0) is 0 Å². The summed E-state index contributed by atoms with van der Waals surface area (Å²) in [6, 6.07) is 1.49. The third-order valence-electron chi connectivity index (χ3n) is 1.81. The molecule has 5 heteroatoms. The van der Waals surface area contributed by atoms with Gasteiger partial charge in [0, 0.05) is 6.07 Å². The van der Waals surface area contributed by atoms with Crippen LogP contribution in [0.4, 0.5) is 0 Å². The molecule has 14 heavy (non-hydrogen) atoms. The van der Waals surface area contributed by atoms with Crippen LogP contribution in [0, 0.1) is 13.8 Å². The zero-order valence-corrected chi connectivity index (χ0v) is 8.68. The molecule has 0 spiro atoms. The topological polar surface area (TPSA) is 58.6 Å². The second kappa shape index (κ2) is 3.34. The van der Waals surface area contributed by atoms with E-state index in [0.29, 0.717) is 5.69 Å². The summed E-state index contributed by atoms with van der Waals surface area (Å²) in [6.45, 7) is 3.86. The van der Waals surface area contributed by atoms with E-state index in [1.807, 2.05) is 13.8 Å². The van der Waals surface area contributed by atoms with Crippen LogP contribution in [0.25, 0.3) is 10.6 Å². The highest BCUT2D eigenvalue weighted by Gasteiger charge is 2.08. The van der Waals surface area contributed by atoms with Crippen LogP contribution in [0.15, 0.2) is 17.2 Å². The van der Waals surface area contributed by atoms with E-state index in [9.17, 15) is 4.79 Å². The molecule has 0 saturated heterocycles. The number of nitrogens with one attached hydrogen (secondary N) is 1. The van der Waals surface area contributed by atoms with E-state index in [-0.39, 0.29) is 5.56 Å². The van der Waals surface area contributed by atoms with Crippen molar-refractivity contribution in [1.82, 2.24) is 15.0 Å². The van der Waals surface area contributed by atoms with Crippen molar-refractivity contribution in [3.63, 3.8) is 0 Å². The summed E-state index contributed by atoms with van der Waals surface area (Å²) in [6.07, 6.45) is 1.41. The Labute approximate surface area is 84.7 Å². The highest BCUT2D eigenvalue weighted by Crippen LogP contribution is 2.26. The highest BCUT2D eigenvalue weighted by atomic mass is 32.1. The average Bonchev–Trinajstić information content (AvgIpc) is 2.45. The first kappa shape index (κ1) is 9.08. The van der Waals surface area contributed by atoms with E-state index in [4.69, 9.17) is 0 Å². The van der Waals surface area contributed by atoms with Crippen LogP contribution in [0.5, 0.6) is 0 Å². The minimum atomic E-state index is -0.138. The Balaban J connectivity index is 2.59. The first-order valence-corrected chi connectivity index (χ1v) is 4.97. The molecule has 2 rings (SSSR count). The second-order valence-corrected chi connectivity index (χ2v) is 4.15. The van der Waals surface area contributed by atoms with Crippen LogP contribution in [-0.4, -0.2) is 15.0 Å². The summed E-state index contributed by atoms with van der Waals surface area (Å²) in [5.74, 6) is 0. The Bertz CT molecular complexity index is 515. The number of thiazole rings is 1. The van der Waals surface area contributed by atoms with Crippen molar-refractivity contribution in [3.05, 3.63) is 33.4 Å². The molecule has 0 atom stereocenters. The molecule has 0 aliphatic rings. The van der Waals surface area contributed by atoms with E-state index < -0.39 is 0 Å². The molecule has 0 fully saturated rings. The predicted octanol–water partition coefficient (Wildman–Crippen LogP) is 1.51. The van der Waals surface area contributed by atoms with Gasteiger partial charge in [-0.2, -0.15) is 0 Å². The Kier molecular flexibility index (Phi) is 2.17. The number of aromatic nitrogens is 3. The number of rotatable bonds is 1. The standard InChI is InChI=1S/C9H9N3OS/c1-5-9(14-6(2)12-5)7-3-8(13)11-4-10-7/h3-4H,1-2H3,(H,10,11,13). The molecule has 0 saturated carbocycles. The van der Waals surface area contributed by atoms with Gasteiger partial charge in [0.2, 0.25) is 0 Å². The quantitative estimate of drug-likeness (QED) is 0.771. The molecule has 2 heterocycles. The summed E-state index contributed by atoms with van der Waals surface area (Å²) in [5, 5.41) is 0.986. The van der Waals surface area contributed by atoms with E-state index in [1.54, 1.807) is 11.3 Å². The first-order chi connectivity index (χ1) is 6.66. The maximum atomic E-state index is 11.1. The normalized spacial score (nSPS) is 10.4. The lowest BCUT2D eigenvalue weighted by Gasteiger charge is -1.94. The van der Waals surface area contributed by atoms with Crippen LogP contribution < -0.4 is 5.56 Å². The number of H-pyrrole nitrogens is 1. The minimum Gasteiger partial charge on any atom is -0.313 e. The fourth-order valence-electron chi connectivity index (χ4n) is 1.26. The van der Waals surface area contributed by atoms with Gasteiger partial charge in [0.15, 0.2) is 0 Å². The first-order valence-electron chi connectivity index (χ1n) is 4.16. The molecule has 0 aliphatic heterocycles. The fourth-order valence-corrected chi connectivity index (χ4v) is 2.15. The van der Waals surface area contributed by atoms with Crippen molar-refractivity contribution in [2.45, 2.75) is 13.8 Å². The van der Waals surface area contributed by atoms with Gasteiger partial charge in [-0.05, 0) is 13.8 Å². The lowest BCUT2D eigenvalue weighted by atomic mass is 10.3. The SMILES string of the molecule is Cc1nc(C)c(-c2cc(=O)[nH]cn2)s1. The van der Waals surface area contributed by atoms with Crippen molar-refractivity contribution in [2.75, 3.05) is 0 Å². The fraction of sp³-hybridized carbons (Fsp3) is 0.222. The summed E-state index contributed by atoms with van der Waals surface area (Å²) in [4.78, 5) is 22.9. The maximum absolute atomic E-state index is 11.1. The van der Waals surface area contributed by atoms with Gasteiger partial charge in [-0.15, -0.1) is 11.3 Å². The van der Waals surface area contributed by atoms with Crippen molar-refractivity contribution in [1.29, 1.82) is 0 Å². The lowest BCUT2D eigenvalue weighted by molar-refractivity contribution is 1.12. The van der Waals surface area contributed by atoms with Gasteiger partial charge in [-0.1, -0.05) is 0 Å². The van der Waals surface area contributed by atoms with Gasteiger partial charge in [0.1, 0.15) is 0 Å². The van der Waals surface area contributed by atoms with Gasteiger partial charge in [-0.3, -0.25) is 4.79 Å². The van der Waals surface area contributed by atoms with E-state index in [0.717, 1.165) is 15.6 Å². The minimum absolute atomic E-state index is 0.138. The van der Waals surface area contributed by atoms with Crippen molar-refractivity contribution >= 4 is 11.3 Å². The van der Waals surface area contributed by atoms with E-state index in [1.165, 1.54) is 12.4 Å². The molecule has 0 aliphatic carbocycles. The molecule has 0 bridgehead atoms. The number of nitrogens with zero attached hydrogens (tertiary/aromatic N) is 2. The summed E-state index contributed by atoms with van der Waals surface area (Å²) in [5.41, 5.74) is 1.47. The smallest absolute Gasteiger partial charge is 0.251 e. The van der Waals surface area contributed by atoms with Crippen molar-refractivity contribution < 1.29 is 0 Å². The summed E-state index contributed by atoms with van der Waals surface area (Å²) in [7, 11) is 0. The largest absolute Gasteiger partial charge is 0.313 e. The number of aromatic amines is 1. The van der Waals surface area contributed by atoms with Gasteiger partial charge >= 0.3 is 0 Å². The monoisotopic (exact) mass is 207 g/mol. The van der Waals surface area contributed by atoms with Crippen LogP contribution in [0.3, 0.4) is 0 Å². The Morgan fingerprint density at radius 3 is 2.79 bits per heavy atom. The van der Waals surface area contributed by atoms with E-state index in [2.05, 4.69) is 15.0 Å². The van der Waals surface area contributed by atoms with E-state index >= 15 is 0 Å². The maximum Gasteiger partial charge on any atom is 0.251 e. The van der Waals surface area contributed by atoms with Gasteiger partial charge in [0.25, 0.3) is 5.56 Å². The average molecular weight is 207 g/mol. The summed E-state index contributed by atoms with van der Waals surface area (Å²) >= 11 is 1.55. The molecule has 72 valence electrons.